The number of rotatable bonds is 4. The molecule has 7 nitrogen and oxygen atoms in total. The summed E-state index contributed by atoms with van der Waals surface area (Å²) in [6, 6.07) is 5.70. The van der Waals surface area contributed by atoms with Crippen molar-refractivity contribution in [3.63, 3.8) is 0 Å². The largest absolute Gasteiger partial charge is 0.366 e. The zero-order chi connectivity index (χ0) is 13.0. The molecule has 1 amide bonds. The van der Waals surface area contributed by atoms with Crippen molar-refractivity contribution < 1.29 is 4.79 Å². The number of aromatic nitrogens is 4. The first-order valence-electron chi connectivity index (χ1n) is 5.50. The van der Waals surface area contributed by atoms with Gasteiger partial charge in [-0.15, -0.1) is 5.10 Å². The van der Waals surface area contributed by atoms with E-state index in [0.717, 1.165) is 5.69 Å². The summed E-state index contributed by atoms with van der Waals surface area (Å²) in [5, 5.41) is 6.11. The molecule has 0 bridgehead atoms. The van der Waals surface area contributed by atoms with Crippen LogP contribution in [-0.4, -0.2) is 44.6 Å². The van der Waals surface area contributed by atoms with Crippen molar-refractivity contribution in [1.29, 1.82) is 0 Å². The van der Waals surface area contributed by atoms with Crippen LogP contribution in [0.4, 0.5) is 5.95 Å². The molecule has 0 aliphatic carbocycles. The zero-order valence-electron chi connectivity index (χ0n) is 10.00. The number of hydrogen-bond donors (Lipinski definition) is 2. The van der Waals surface area contributed by atoms with Gasteiger partial charge in [0.25, 0.3) is 5.91 Å². The molecular formula is C11H14N6O. The van der Waals surface area contributed by atoms with Gasteiger partial charge in [-0.1, -0.05) is 6.07 Å². The first-order chi connectivity index (χ1) is 8.66. The topological polar surface area (TPSA) is 101 Å². The van der Waals surface area contributed by atoms with Crippen LogP contribution in [0.15, 0.2) is 24.4 Å². The van der Waals surface area contributed by atoms with E-state index >= 15 is 0 Å². The number of amides is 1. The fraction of sp³-hybridized carbons (Fsp3) is 0.273. The highest BCUT2D eigenvalue weighted by Gasteiger charge is 2.15. The Bertz CT molecular complexity index is 523. The molecule has 2 aromatic rings. The van der Waals surface area contributed by atoms with Gasteiger partial charge >= 0.3 is 0 Å². The predicted octanol–water partition coefficient (Wildman–Crippen LogP) is 0.0966. The Balaban J connectivity index is 1.92. The molecule has 0 aliphatic heterocycles. The number of nitrogens with one attached hydrogen (secondary N) is 1. The maximum absolute atomic E-state index is 11.9. The SMILES string of the molecule is CN(CCc1ccccn1)C(=O)c1nc(N)n[nH]1. The standard InChI is InChI=1S/C11H14N6O/c1-17(7-5-8-4-2-3-6-13-8)10(18)9-14-11(12)16-15-9/h2-4,6H,5,7H2,1H3,(H3,12,14,15,16). The van der Waals surface area contributed by atoms with Crippen LogP contribution in [0.3, 0.4) is 0 Å². The van der Waals surface area contributed by atoms with Crippen molar-refractivity contribution in [2.75, 3.05) is 19.3 Å². The van der Waals surface area contributed by atoms with Gasteiger partial charge in [-0.25, -0.2) is 0 Å². The lowest BCUT2D eigenvalue weighted by atomic mass is 10.2. The average molecular weight is 246 g/mol. The van der Waals surface area contributed by atoms with Gasteiger partial charge in [0.15, 0.2) is 0 Å². The maximum atomic E-state index is 11.9. The summed E-state index contributed by atoms with van der Waals surface area (Å²) in [6.07, 6.45) is 2.42. The molecule has 2 rings (SSSR count). The van der Waals surface area contributed by atoms with Crippen molar-refractivity contribution in [2.45, 2.75) is 6.42 Å². The summed E-state index contributed by atoms with van der Waals surface area (Å²) in [7, 11) is 1.70. The van der Waals surface area contributed by atoms with Gasteiger partial charge in [-0.05, 0) is 12.1 Å². The smallest absolute Gasteiger partial charge is 0.290 e. The van der Waals surface area contributed by atoms with Gasteiger partial charge in [0.1, 0.15) is 0 Å². The molecule has 0 radical (unpaired) electrons. The molecule has 0 saturated carbocycles. The van der Waals surface area contributed by atoms with Crippen LogP contribution in [0, 0.1) is 0 Å². The van der Waals surface area contributed by atoms with E-state index in [2.05, 4.69) is 20.2 Å². The normalized spacial score (nSPS) is 10.3. The van der Waals surface area contributed by atoms with Gasteiger partial charge < -0.3 is 10.6 Å². The molecule has 2 aromatic heterocycles. The summed E-state index contributed by atoms with van der Waals surface area (Å²) in [5.74, 6) is -0.0253. The number of carbonyl (C=O) groups is 1. The second-order valence-corrected chi connectivity index (χ2v) is 3.84. The molecule has 0 unspecified atom stereocenters. The second-order valence-electron chi connectivity index (χ2n) is 3.84. The summed E-state index contributed by atoms with van der Waals surface area (Å²) < 4.78 is 0. The van der Waals surface area contributed by atoms with E-state index in [1.165, 1.54) is 0 Å². The number of hydrogen-bond acceptors (Lipinski definition) is 5. The molecule has 3 N–H and O–H groups in total. The summed E-state index contributed by atoms with van der Waals surface area (Å²) in [6.45, 7) is 0.552. The number of carbonyl (C=O) groups excluding carboxylic acids is 1. The summed E-state index contributed by atoms with van der Waals surface area (Å²) >= 11 is 0. The number of anilines is 1. The summed E-state index contributed by atoms with van der Waals surface area (Å²) in [4.78, 5) is 21.4. The third-order valence-corrected chi connectivity index (χ3v) is 2.48. The van der Waals surface area contributed by atoms with Crippen molar-refractivity contribution >= 4 is 11.9 Å². The van der Waals surface area contributed by atoms with Crippen molar-refractivity contribution in [2.24, 2.45) is 0 Å². The fourth-order valence-electron chi connectivity index (χ4n) is 1.48. The van der Waals surface area contributed by atoms with Crippen LogP contribution in [0.2, 0.25) is 0 Å². The van der Waals surface area contributed by atoms with Crippen LogP contribution in [0.25, 0.3) is 0 Å². The van der Waals surface area contributed by atoms with Gasteiger partial charge in [-0.2, -0.15) is 4.98 Å². The van der Waals surface area contributed by atoms with E-state index in [1.807, 2.05) is 18.2 Å². The Kier molecular flexibility index (Phi) is 3.52. The molecule has 2 heterocycles. The average Bonchev–Trinajstić information content (AvgIpc) is 2.83. The van der Waals surface area contributed by atoms with Crippen LogP contribution in [-0.2, 0) is 6.42 Å². The van der Waals surface area contributed by atoms with Gasteiger partial charge in [-0.3, -0.25) is 14.9 Å². The number of nitrogens with two attached hydrogens (primary N) is 1. The van der Waals surface area contributed by atoms with E-state index < -0.39 is 0 Å². The lowest BCUT2D eigenvalue weighted by Gasteiger charge is -2.14. The van der Waals surface area contributed by atoms with Crippen LogP contribution >= 0.6 is 0 Å². The van der Waals surface area contributed by atoms with E-state index in [4.69, 9.17) is 5.73 Å². The highest BCUT2D eigenvalue weighted by Crippen LogP contribution is 2.01. The number of nitrogen functional groups attached to an aromatic ring is 1. The highest BCUT2D eigenvalue weighted by molar-refractivity contribution is 5.90. The zero-order valence-corrected chi connectivity index (χ0v) is 10.00. The van der Waals surface area contributed by atoms with E-state index in [1.54, 1.807) is 18.1 Å². The van der Waals surface area contributed by atoms with Crippen molar-refractivity contribution in [1.82, 2.24) is 25.1 Å². The Hall–Kier alpha value is -2.44. The van der Waals surface area contributed by atoms with Crippen LogP contribution < -0.4 is 5.73 Å². The minimum atomic E-state index is -0.241. The Morgan fingerprint density at radius 3 is 2.94 bits per heavy atom. The Morgan fingerprint density at radius 2 is 2.33 bits per heavy atom. The number of likely N-dealkylation sites (N-methyl/N-ethyl adjacent to an activating group) is 1. The Morgan fingerprint density at radius 1 is 1.50 bits per heavy atom. The number of pyridine rings is 1. The number of aromatic amines is 1. The van der Waals surface area contributed by atoms with Gasteiger partial charge in [0, 0.05) is 31.9 Å². The quantitative estimate of drug-likeness (QED) is 0.796. The van der Waals surface area contributed by atoms with E-state index in [9.17, 15) is 4.79 Å². The third kappa shape index (κ3) is 2.82. The fourth-order valence-corrected chi connectivity index (χ4v) is 1.48. The molecule has 7 heteroatoms. The first-order valence-corrected chi connectivity index (χ1v) is 5.50. The number of nitrogens with zero attached hydrogens (tertiary/aromatic N) is 4. The first kappa shape index (κ1) is 12.0. The molecule has 0 aromatic carbocycles. The monoisotopic (exact) mass is 246 g/mol. The molecule has 94 valence electrons. The van der Waals surface area contributed by atoms with Gasteiger partial charge in [0.2, 0.25) is 11.8 Å². The van der Waals surface area contributed by atoms with Gasteiger partial charge in [0.05, 0.1) is 0 Å². The third-order valence-electron chi connectivity index (χ3n) is 2.48. The van der Waals surface area contributed by atoms with E-state index in [-0.39, 0.29) is 17.7 Å². The molecule has 0 aliphatic rings. The maximum Gasteiger partial charge on any atom is 0.290 e. The predicted molar refractivity (Wildman–Crippen MR) is 65.7 cm³/mol. The van der Waals surface area contributed by atoms with Crippen molar-refractivity contribution in [3.8, 4) is 0 Å². The Labute approximate surface area is 104 Å². The van der Waals surface area contributed by atoms with Crippen LogP contribution in [0.1, 0.15) is 16.3 Å². The molecule has 0 saturated heterocycles. The molecule has 18 heavy (non-hydrogen) atoms. The minimum absolute atomic E-state index is 0.0662. The highest BCUT2D eigenvalue weighted by atomic mass is 16.2. The minimum Gasteiger partial charge on any atom is -0.366 e. The van der Waals surface area contributed by atoms with Crippen LogP contribution in [0.5, 0.6) is 0 Å². The second kappa shape index (κ2) is 5.26. The number of H-pyrrole nitrogens is 1. The molecule has 0 fully saturated rings. The summed E-state index contributed by atoms with van der Waals surface area (Å²) in [5.41, 5.74) is 6.29. The molecule has 0 spiro atoms. The van der Waals surface area contributed by atoms with Crippen molar-refractivity contribution in [3.05, 3.63) is 35.9 Å². The lowest BCUT2D eigenvalue weighted by molar-refractivity contribution is 0.0785. The molecule has 0 atom stereocenters. The molecular weight excluding hydrogens is 232 g/mol. The van der Waals surface area contributed by atoms with E-state index in [0.29, 0.717) is 13.0 Å². The lowest BCUT2D eigenvalue weighted by Crippen LogP contribution is -2.29.